The Morgan fingerprint density at radius 1 is 1.31 bits per heavy atom. The highest BCUT2D eigenvalue weighted by atomic mass is 35.5. The van der Waals surface area contributed by atoms with Crippen molar-refractivity contribution in [3.8, 4) is 5.75 Å². The quantitative estimate of drug-likeness (QED) is 0.613. The molecule has 3 N–H and O–H groups in total. The fraction of sp³-hybridized carbons (Fsp3) is 0.650. The van der Waals surface area contributed by atoms with E-state index in [9.17, 15) is 23.1 Å². The number of hydrogen-bond donors (Lipinski definition) is 3. The third kappa shape index (κ3) is 5.16. The summed E-state index contributed by atoms with van der Waals surface area (Å²) in [7, 11) is 1.31. The van der Waals surface area contributed by atoms with Gasteiger partial charge in [-0.2, -0.15) is 13.2 Å². The number of carbonyl (C=O) groups is 1. The van der Waals surface area contributed by atoms with Gasteiger partial charge in [-0.1, -0.05) is 12.1 Å². The number of halogens is 4. The molecule has 0 radical (unpaired) electrons. The molecule has 0 bridgehead atoms. The zero-order valence-corrected chi connectivity index (χ0v) is 17.2. The third-order valence-electron chi connectivity index (χ3n) is 5.95. The third-order valence-corrected chi connectivity index (χ3v) is 5.95. The maximum absolute atomic E-state index is 13.8. The van der Waals surface area contributed by atoms with Gasteiger partial charge in [0, 0.05) is 11.1 Å². The lowest BCUT2D eigenvalue weighted by Crippen LogP contribution is -2.57. The highest BCUT2D eigenvalue weighted by Crippen LogP contribution is 2.45. The van der Waals surface area contributed by atoms with Crippen molar-refractivity contribution in [1.82, 2.24) is 10.6 Å². The summed E-state index contributed by atoms with van der Waals surface area (Å²) in [5, 5.41) is 16.3. The Hall–Kier alpha value is -1.51. The maximum Gasteiger partial charge on any atom is 0.430 e. The Bertz CT molecular complexity index is 706. The number of carbonyl (C=O) groups excluding carboxylic acids is 1. The van der Waals surface area contributed by atoms with Crippen LogP contribution in [0.3, 0.4) is 0 Å². The van der Waals surface area contributed by atoms with Crippen molar-refractivity contribution in [2.24, 2.45) is 5.92 Å². The van der Waals surface area contributed by atoms with E-state index in [1.165, 1.54) is 19.2 Å². The molecule has 1 aliphatic carbocycles. The van der Waals surface area contributed by atoms with Crippen molar-refractivity contribution < 1.29 is 27.8 Å². The van der Waals surface area contributed by atoms with Crippen LogP contribution in [0.15, 0.2) is 24.3 Å². The van der Waals surface area contributed by atoms with Gasteiger partial charge in [-0.25, -0.2) is 0 Å². The van der Waals surface area contributed by atoms with Crippen LogP contribution in [0.4, 0.5) is 13.2 Å². The summed E-state index contributed by atoms with van der Waals surface area (Å²) in [6.45, 7) is 1.90. The van der Waals surface area contributed by atoms with Gasteiger partial charge < -0.3 is 20.5 Å². The minimum absolute atomic E-state index is 0. The van der Waals surface area contributed by atoms with Crippen molar-refractivity contribution in [2.75, 3.05) is 20.2 Å². The van der Waals surface area contributed by atoms with Crippen molar-refractivity contribution in [3.05, 3.63) is 29.8 Å². The van der Waals surface area contributed by atoms with E-state index in [0.29, 0.717) is 25.2 Å². The van der Waals surface area contributed by atoms with Gasteiger partial charge in [0.1, 0.15) is 5.75 Å². The number of benzene rings is 1. The topological polar surface area (TPSA) is 70.6 Å². The summed E-state index contributed by atoms with van der Waals surface area (Å²) in [5.74, 6) is -0.758. The molecule has 1 amide bonds. The minimum Gasteiger partial charge on any atom is -0.497 e. The molecule has 1 saturated heterocycles. The van der Waals surface area contributed by atoms with E-state index < -0.39 is 28.8 Å². The molecule has 2 fully saturated rings. The Kier molecular flexibility index (Phi) is 7.46. The largest absolute Gasteiger partial charge is 0.497 e. The molecule has 0 aromatic heterocycles. The monoisotopic (exact) mass is 436 g/mol. The van der Waals surface area contributed by atoms with E-state index in [4.69, 9.17) is 4.74 Å². The molecule has 9 heteroatoms. The second-order valence-corrected chi connectivity index (χ2v) is 7.91. The molecule has 1 aromatic carbocycles. The molecule has 5 nitrogen and oxygen atoms in total. The first-order valence-corrected chi connectivity index (χ1v) is 9.67. The van der Waals surface area contributed by atoms with Crippen LogP contribution in [-0.4, -0.2) is 42.9 Å². The van der Waals surface area contributed by atoms with Crippen molar-refractivity contribution in [1.29, 1.82) is 0 Å². The molecule has 1 heterocycles. The molecule has 3 rings (SSSR count). The average Bonchev–Trinajstić information content (AvgIpc) is 3.45. The van der Waals surface area contributed by atoms with E-state index in [1.54, 1.807) is 0 Å². The fourth-order valence-electron chi connectivity index (χ4n) is 3.84. The standard InChI is InChI=1S/C20H27F3N2O3.ClH/c1-28-16-4-2-3-15(13-16)19(27,20(21,22)23)17(26)25-18(9-10-18)8-5-14-6-11-24-12-7-14;/h2-4,13-14,24,27H,5-12H2,1H3,(H,25,26);1H. The smallest absolute Gasteiger partial charge is 0.430 e. The summed E-state index contributed by atoms with van der Waals surface area (Å²) in [4.78, 5) is 12.7. The first kappa shape index (κ1) is 23.8. The summed E-state index contributed by atoms with van der Waals surface area (Å²) in [6.07, 6.45) is -0.304. The molecule has 29 heavy (non-hydrogen) atoms. The van der Waals surface area contributed by atoms with Gasteiger partial charge in [0.15, 0.2) is 0 Å². The van der Waals surface area contributed by atoms with Crippen molar-refractivity contribution in [3.63, 3.8) is 0 Å². The van der Waals surface area contributed by atoms with Gasteiger partial charge >= 0.3 is 6.18 Å². The minimum atomic E-state index is -5.16. The van der Waals surface area contributed by atoms with Crippen LogP contribution in [0.2, 0.25) is 0 Å². The summed E-state index contributed by atoms with van der Waals surface area (Å²) >= 11 is 0. The molecule has 1 aromatic rings. The molecule has 0 spiro atoms. The van der Waals surface area contributed by atoms with Gasteiger partial charge in [-0.05, 0) is 69.7 Å². The van der Waals surface area contributed by atoms with Crippen molar-refractivity contribution >= 4 is 18.3 Å². The second-order valence-electron chi connectivity index (χ2n) is 7.91. The number of alkyl halides is 3. The van der Waals surface area contributed by atoms with Gasteiger partial charge in [0.25, 0.3) is 11.5 Å². The average molecular weight is 437 g/mol. The summed E-state index contributed by atoms with van der Waals surface area (Å²) in [5.41, 5.74) is -4.81. The second kappa shape index (κ2) is 9.10. The Labute approximate surface area is 174 Å². The predicted molar refractivity (Wildman–Crippen MR) is 105 cm³/mol. The van der Waals surface area contributed by atoms with E-state index >= 15 is 0 Å². The zero-order valence-electron chi connectivity index (χ0n) is 16.3. The molecule has 1 atom stereocenters. The van der Waals surface area contributed by atoms with Gasteiger partial charge in [0.2, 0.25) is 0 Å². The zero-order chi connectivity index (χ0) is 20.4. The number of hydrogen-bond acceptors (Lipinski definition) is 4. The predicted octanol–water partition coefficient (Wildman–Crippen LogP) is 3.30. The van der Waals surface area contributed by atoms with Crippen LogP contribution in [0, 0.1) is 5.92 Å². The van der Waals surface area contributed by atoms with E-state index in [1.807, 2.05) is 0 Å². The normalized spacial score (nSPS) is 20.9. The molecule has 1 saturated carbocycles. The van der Waals surface area contributed by atoms with Gasteiger partial charge in [-0.3, -0.25) is 4.79 Å². The summed E-state index contributed by atoms with van der Waals surface area (Å²) < 4.78 is 46.3. The molecule has 164 valence electrons. The van der Waals surface area contributed by atoms with Crippen LogP contribution < -0.4 is 15.4 Å². The number of piperidine rings is 1. The number of nitrogens with one attached hydrogen (secondary N) is 2. The van der Waals surface area contributed by atoms with Gasteiger partial charge in [-0.15, -0.1) is 12.4 Å². The lowest BCUT2D eigenvalue weighted by Gasteiger charge is -2.32. The molecule has 1 unspecified atom stereocenters. The number of rotatable bonds is 7. The first-order chi connectivity index (χ1) is 13.2. The Morgan fingerprint density at radius 2 is 1.97 bits per heavy atom. The lowest BCUT2D eigenvalue weighted by atomic mass is 9.89. The summed E-state index contributed by atoms with van der Waals surface area (Å²) in [6, 6.07) is 4.91. The SMILES string of the molecule is COc1cccc(C(O)(C(=O)NC2(CCC3CCNCC3)CC2)C(F)(F)F)c1.Cl. The lowest BCUT2D eigenvalue weighted by molar-refractivity contribution is -0.257. The highest BCUT2D eigenvalue weighted by Gasteiger charge is 2.62. The number of aliphatic hydroxyl groups is 1. The number of amides is 1. The Morgan fingerprint density at radius 3 is 2.52 bits per heavy atom. The van der Waals surface area contributed by atoms with E-state index in [0.717, 1.165) is 44.5 Å². The van der Waals surface area contributed by atoms with Crippen LogP contribution >= 0.6 is 12.4 Å². The number of methoxy groups -OCH3 is 1. The number of ether oxygens (including phenoxy) is 1. The molecular weight excluding hydrogens is 409 g/mol. The fourth-order valence-corrected chi connectivity index (χ4v) is 3.84. The van der Waals surface area contributed by atoms with Crippen LogP contribution in [-0.2, 0) is 10.4 Å². The molecular formula is C20H28ClF3N2O3. The van der Waals surface area contributed by atoms with E-state index in [-0.39, 0.29) is 18.2 Å². The Balaban J connectivity index is 0.00000300. The van der Waals surface area contributed by atoms with E-state index in [2.05, 4.69) is 10.6 Å². The highest BCUT2D eigenvalue weighted by molar-refractivity contribution is 5.88. The molecule has 1 aliphatic heterocycles. The van der Waals surface area contributed by atoms with Crippen LogP contribution in [0.5, 0.6) is 5.75 Å². The van der Waals surface area contributed by atoms with Crippen LogP contribution in [0.1, 0.15) is 44.1 Å². The molecule has 2 aliphatic rings. The van der Waals surface area contributed by atoms with Crippen molar-refractivity contribution in [2.45, 2.75) is 55.8 Å². The van der Waals surface area contributed by atoms with Gasteiger partial charge in [0.05, 0.1) is 7.11 Å². The van der Waals surface area contributed by atoms with Crippen LogP contribution in [0.25, 0.3) is 0 Å². The maximum atomic E-state index is 13.8. The first-order valence-electron chi connectivity index (χ1n) is 9.67.